The maximum atomic E-state index is 11.2. The number of hydrogen-bond donors (Lipinski definition) is 2. The lowest BCUT2D eigenvalue weighted by atomic mass is 10.1. The maximum absolute atomic E-state index is 11.2. The molecule has 3 rings (SSSR count). The first-order valence-electron chi connectivity index (χ1n) is 5.20. The van der Waals surface area contributed by atoms with E-state index in [0.717, 1.165) is 23.5 Å². The molecule has 0 radical (unpaired) electrons. The molecule has 5 heteroatoms. The smallest absolute Gasteiger partial charge is 0.246 e. The largest absolute Gasteiger partial charge is 0.388 e. The molecule has 2 aliphatic heterocycles. The standard InChI is InChI=1S/C11H12N4O/c1-12-8-2-3-9-7(4-8)5-15-6-10(16)14-11(15)13-9/h2-4,12H,5-6H2,1H3,(H,13,14,16). The average molecular weight is 216 g/mol. The quantitative estimate of drug-likeness (QED) is 0.725. The van der Waals surface area contributed by atoms with Crippen LogP contribution in [0.1, 0.15) is 5.56 Å². The second-order valence-corrected chi connectivity index (χ2v) is 3.93. The Kier molecular flexibility index (Phi) is 1.86. The highest BCUT2D eigenvalue weighted by molar-refractivity contribution is 6.05. The monoisotopic (exact) mass is 216 g/mol. The summed E-state index contributed by atoms with van der Waals surface area (Å²) in [6, 6.07) is 6.02. The van der Waals surface area contributed by atoms with E-state index in [-0.39, 0.29) is 5.91 Å². The summed E-state index contributed by atoms with van der Waals surface area (Å²) in [6.07, 6.45) is 0. The Morgan fingerprint density at radius 1 is 1.44 bits per heavy atom. The molecule has 0 unspecified atom stereocenters. The van der Waals surface area contributed by atoms with Crippen molar-refractivity contribution in [1.29, 1.82) is 0 Å². The second kappa shape index (κ2) is 3.23. The van der Waals surface area contributed by atoms with Gasteiger partial charge < -0.3 is 10.2 Å². The molecule has 1 saturated heterocycles. The fourth-order valence-electron chi connectivity index (χ4n) is 2.02. The Balaban J connectivity index is 2.01. The zero-order valence-corrected chi connectivity index (χ0v) is 8.95. The van der Waals surface area contributed by atoms with Crippen LogP contribution in [0.15, 0.2) is 23.2 Å². The summed E-state index contributed by atoms with van der Waals surface area (Å²) in [4.78, 5) is 17.6. The van der Waals surface area contributed by atoms with Gasteiger partial charge in [0, 0.05) is 19.3 Å². The zero-order chi connectivity index (χ0) is 11.1. The van der Waals surface area contributed by atoms with Gasteiger partial charge in [0.2, 0.25) is 11.9 Å². The molecular formula is C11H12N4O. The highest BCUT2D eigenvalue weighted by atomic mass is 16.2. The van der Waals surface area contributed by atoms with E-state index >= 15 is 0 Å². The van der Waals surface area contributed by atoms with Crippen LogP contribution in [0, 0.1) is 0 Å². The molecule has 0 atom stereocenters. The SMILES string of the molecule is CNc1ccc2c(c1)CN1CC(=O)NC1=N2. The number of fused-ring (bicyclic) bond motifs is 2. The minimum atomic E-state index is 0.0143. The van der Waals surface area contributed by atoms with Gasteiger partial charge in [-0.1, -0.05) is 0 Å². The minimum absolute atomic E-state index is 0.0143. The Morgan fingerprint density at radius 2 is 2.31 bits per heavy atom. The van der Waals surface area contributed by atoms with Gasteiger partial charge in [-0.25, -0.2) is 4.99 Å². The van der Waals surface area contributed by atoms with Crippen LogP contribution in [0.25, 0.3) is 0 Å². The lowest BCUT2D eigenvalue weighted by Gasteiger charge is -2.23. The summed E-state index contributed by atoms with van der Waals surface area (Å²) >= 11 is 0. The fraction of sp³-hybridized carbons (Fsp3) is 0.273. The molecule has 2 heterocycles. The molecule has 5 nitrogen and oxygen atoms in total. The number of amides is 1. The first kappa shape index (κ1) is 9.21. The maximum Gasteiger partial charge on any atom is 0.246 e. The van der Waals surface area contributed by atoms with Gasteiger partial charge in [-0.2, -0.15) is 0 Å². The third kappa shape index (κ3) is 1.32. The van der Waals surface area contributed by atoms with Gasteiger partial charge in [0.05, 0.1) is 5.69 Å². The molecule has 1 fully saturated rings. The van der Waals surface area contributed by atoms with E-state index in [1.807, 2.05) is 24.1 Å². The van der Waals surface area contributed by atoms with E-state index in [9.17, 15) is 4.79 Å². The van der Waals surface area contributed by atoms with E-state index in [1.165, 1.54) is 0 Å². The topological polar surface area (TPSA) is 56.7 Å². The highest BCUT2D eigenvalue weighted by Crippen LogP contribution is 2.29. The molecule has 1 aromatic carbocycles. The van der Waals surface area contributed by atoms with E-state index in [2.05, 4.69) is 21.7 Å². The van der Waals surface area contributed by atoms with Crippen LogP contribution >= 0.6 is 0 Å². The number of carbonyl (C=O) groups is 1. The Hall–Kier alpha value is -2.04. The molecule has 2 aliphatic rings. The Labute approximate surface area is 93.2 Å². The van der Waals surface area contributed by atoms with Gasteiger partial charge in [0.25, 0.3) is 0 Å². The van der Waals surface area contributed by atoms with Gasteiger partial charge in [-0.15, -0.1) is 0 Å². The molecule has 0 aliphatic carbocycles. The third-order valence-corrected chi connectivity index (χ3v) is 2.84. The van der Waals surface area contributed by atoms with E-state index in [1.54, 1.807) is 0 Å². The molecule has 16 heavy (non-hydrogen) atoms. The van der Waals surface area contributed by atoms with E-state index < -0.39 is 0 Å². The van der Waals surface area contributed by atoms with Gasteiger partial charge in [-0.05, 0) is 23.8 Å². The van der Waals surface area contributed by atoms with Crippen molar-refractivity contribution < 1.29 is 4.79 Å². The summed E-state index contributed by atoms with van der Waals surface area (Å²) in [5, 5.41) is 5.84. The van der Waals surface area contributed by atoms with Crippen LogP contribution in [-0.4, -0.2) is 30.4 Å². The van der Waals surface area contributed by atoms with Crippen LogP contribution in [0.2, 0.25) is 0 Å². The van der Waals surface area contributed by atoms with Crippen molar-refractivity contribution in [1.82, 2.24) is 10.2 Å². The number of anilines is 1. The van der Waals surface area contributed by atoms with Crippen molar-refractivity contribution in [2.45, 2.75) is 6.54 Å². The van der Waals surface area contributed by atoms with Crippen molar-refractivity contribution >= 4 is 23.2 Å². The van der Waals surface area contributed by atoms with Crippen LogP contribution in [-0.2, 0) is 11.3 Å². The summed E-state index contributed by atoms with van der Waals surface area (Å²) in [5.74, 6) is 0.690. The average Bonchev–Trinajstić information content (AvgIpc) is 2.64. The minimum Gasteiger partial charge on any atom is -0.388 e. The second-order valence-electron chi connectivity index (χ2n) is 3.93. The first-order chi connectivity index (χ1) is 7.76. The van der Waals surface area contributed by atoms with Crippen LogP contribution < -0.4 is 10.6 Å². The predicted octanol–water partition coefficient (Wildman–Crippen LogP) is 0.661. The van der Waals surface area contributed by atoms with Crippen molar-refractivity contribution in [3.63, 3.8) is 0 Å². The summed E-state index contributed by atoms with van der Waals surface area (Å²) < 4.78 is 0. The van der Waals surface area contributed by atoms with E-state index in [4.69, 9.17) is 0 Å². The summed E-state index contributed by atoms with van der Waals surface area (Å²) in [6.45, 7) is 1.14. The van der Waals surface area contributed by atoms with Crippen molar-refractivity contribution in [2.24, 2.45) is 4.99 Å². The predicted molar refractivity (Wildman–Crippen MR) is 61.6 cm³/mol. The number of aliphatic imine (C=N–C) groups is 1. The van der Waals surface area contributed by atoms with Crippen LogP contribution in [0.3, 0.4) is 0 Å². The molecule has 1 aromatic rings. The number of guanidine groups is 1. The molecule has 2 N–H and O–H groups in total. The molecule has 82 valence electrons. The highest BCUT2D eigenvalue weighted by Gasteiger charge is 2.28. The van der Waals surface area contributed by atoms with Crippen LogP contribution in [0.4, 0.5) is 11.4 Å². The van der Waals surface area contributed by atoms with Crippen molar-refractivity contribution in [3.8, 4) is 0 Å². The third-order valence-electron chi connectivity index (χ3n) is 2.84. The van der Waals surface area contributed by atoms with Gasteiger partial charge in [0.1, 0.15) is 6.54 Å². The fourth-order valence-corrected chi connectivity index (χ4v) is 2.02. The van der Waals surface area contributed by atoms with Crippen LogP contribution in [0.5, 0.6) is 0 Å². The van der Waals surface area contributed by atoms with Gasteiger partial charge in [-0.3, -0.25) is 10.1 Å². The number of benzene rings is 1. The molecule has 0 saturated carbocycles. The normalized spacial score (nSPS) is 17.4. The number of carbonyl (C=O) groups excluding carboxylic acids is 1. The molecule has 1 amide bonds. The molecule has 0 bridgehead atoms. The zero-order valence-electron chi connectivity index (χ0n) is 8.95. The first-order valence-corrected chi connectivity index (χ1v) is 5.20. The Morgan fingerprint density at radius 3 is 3.12 bits per heavy atom. The molecule has 0 aromatic heterocycles. The number of nitrogens with zero attached hydrogens (tertiary/aromatic N) is 2. The summed E-state index contributed by atoms with van der Waals surface area (Å²) in [5.41, 5.74) is 3.15. The van der Waals surface area contributed by atoms with Gasteiger partial charge >= 0.3 is 0 Å². The lowest BCUT2D eigenvalue weighted by Crippen LogP contribution is -2.32. The number of rotatable bonds is 1. The lowest BCUT2D eigenvalue weighted by molar-refractivity contribution is -0.118. The van der Waals surface area contributed by atoms with Crippen molar-refractivity contribution in [3.05, 3.63) is 23.8 Å². The molecular weight excluding hydrogens is 204 g/mol. The van der Waals surface area contributed by atoms with E-state index in [0.29, 0.717) is 12.5 Å². The number of nitrogens with one attached hydrogen (secondary N) is 2. The molecule has 0 spiro atoms. The number of hydrogen-bond acceptors (Lipinski definition) is 4. The Bertz CT molecular complexity index is 495. The van der Waals surface area contributed by atoms with Crippen molar-refractivity contribution in [2.75, 3.05) is 18.9 Å². The summed E-state index contributed by atoms with van der Waals surface area (Å²) in [7, 11) is 1.89. The van der Waals surface area contributed by atoms with Gasteiger partial charge in [0.15, 0.2) is 0 Å².